The Bertz CT molecular complexity index is 1200. The van der Waals surface area contributed by atoms with E-state index in [9.17, 15) is 9.59 Å². The summed E-state index contributed by atoms with van der Waals surface area (Å²) >= 11 is 0.878. The number of rotatable bonds is 7. The van der Waals surface area contributed by atoms with E-state index in [1.165, 1.54) is 0 Å². The first-order valence-electron chi connectivity index (χ1n) is 11.2. The normalized spacial score (nSPS) is 21.6. The molecule has 2 fully saturated rings. The second kappa shape index (κ2) is 10.2. The minimum atomic E-state index is -0.392. The van der Waals surface area contributed by atoms with Gasteiger partial charge in [-0.25, -0.2) is 9.97 Å². The van der Waals surface area contributed by atoms with Gasteiger partial charge >= 0.3 is 0 Å². The van der Waals surface area contributed by atoms with E-state index < -0.39 is 5.91 Å². The standard InChI is InChI=1S/C24H24N6O3S/c31-22-21(34-24(32)30-22)11-19-5-9-26-23(29-19)28-18-3-1-17(2-4-18)27-13-16-12-25-8-6-20(16)15-7-10-33-14-15/h5-12,14,17-18,27H,1-4,13H2,(H,26,28,29)(H,30,31,32)/b21-11-. The van der Waals surface area contributed by atoms with Gasteiger partial charge in [-0.3, -0.25) is 19.9 Å². The SMILES string of the molecule is O=C1NC(=O)/C(=C/c2ccnc(NC3CCC(NCc4cnccc4-c4ccoc4)CC3)n2)S1. The lowest BCUT2D eigenvalue weighted by molar-refractivity contribution is -0.115. The van der Waals surface area contributed by atoms with Gasteiger partial charge in [-0.2, -0.15) is 0 Å². The number of hydrogen-bond acceptors (Lipinski definition) is 9. The number of amides is 2. The molecule has 0 unspecified atom stereocenters. The minimum absolute atomic E-state index is 0.284. The molecule has 9 nitrogen and oxygen atoms in total. The molecule has 3 N–H and O–H groups in total. The summed E-state index contributed by atoms with van der Waals surface area (Å²) < 4.78 is 5.23. The smallest absolute Gasteiger partial charge is 0.290 e. The largest absolute Gasteiger partial charge is 0.472 e. The molecule has 2 amide bonds. The van der Waals surface area contributed by atoms with Crippen molar-refractivity contribution in [2.45, 2.75) is 44.3 Å². The maximum absolute atomic E-state index is 11.8. The molecular formula is C24H24N6O3S. The molecule has 1 saturated heterocycles. The highest BCUT2D eigenvalue weighted by atomic mass is 32.2. The van der Waals surface area contributed by atoms with E-state index in [-0.39, 0.29) is 11.3 Å². The molecule has 0 aromatic carbocycles. The number of hydrogen-bond donors (Lipinski definition) is 3. The first-order chi connectivity index (χ1) is 16.6. The number of nitrogens with one attached hydrogen (secondary N) is 3. The zero-order chi connectivity index (χ0) is 23.3. The van der Waals surface area contributed by atoms with Crippen LogP contribution in [0.25, 0.3) is 17.2 Å². The topological polar surface area (TPSA) is 122 Å². The van der Waals surface area contributed by atoms with Crippen LogP contribution in [-0.2, 0) is 11.3 Å². The van der Waals surface area contributed by atoms with Crippen LogP contribution in [0.4, 0.5) is 10.7 Å². The Morgan fingerprint density at radius 1 is 1.12 bits per heavy atom. The fourth-order valence-electron chi connectivity index (χ4n) is 4.22. The average molecular weight is 477 g/mol. The summed E-state index contributed by atoms with van der Waals surface area (Å²) in [6.07, 6.45) is 14.5. The number of anilines is 1. The maximum atomic E-state index is 11.8. The van der Waals surface area contributed by atoms with Crippen molar-refractivity contribution in [2.24, 2.45) is 0 Å². The van der Waals surface area contributed by atoms with Gasteiger partial charge in [-0.05, 0) is 72.8 Å². The molecule has 4 heterocycles. The monoisotopic (exact) mass is 476 g/mol. The third kappa shape index (κ3) is 5.35. The predicted molar refractivity (Wildman–Crippen MR) is 130 cm³/mol. The lowest BCUT2D eigenvalue weighted by atomic mass is 9.91. The Morgan fingerprint density at radius 3 is 2.74 bits per heavy atom. The van der Waals surface area contributed by atoms with E-state index in [1.54, 1.807) is 37.1 Å². The third-order valence-electron chi connectivity index (χ3n) is 5.98. The Balaban J connectivity index is 1.13. The van der Waals surface area contributed by atoms with Gasteiger partial charge in [0.2, 0.25) is 5.95 Å². The van der Waals surface area contributed by atoms with Gasteiger partial charge in [0.1, 0.15) is 0 Å². The highest BCUT2D eigenvalue weighted by molar-refractivity contribution is 8.18. The molecule has 10 heteroatoms. The number of pyridine rings is 1. The summed E-state index contributed by atoms with van der Waals surface area (Å²) in [5.74, 6) is 0.137. The third-order valence-corrected chi connectivity index (χ3v) is 6.79. The van der Waals surface area contributed by atoms with Crippen molar-refractivity contribution in [3.05, 3.63) is 65.5 Å². The van der Waals surface area contributed by atoms with Crippen LogP contribution in [0.2, 0.25) is 0 Å². The van der Waals surface area contributed by atoms with E-state index in [4.69, 9.17) is 4.42 Å². The van der Waals surface area contributed by atoms with E-state index in [2.05, 4.69) is 30.9 Å². The van der Waals surface area contributed by atoms with Gasteiger partial charge in [-0.1, -0.05) is 0 Å². The summed E-state index contributed by atoms with van der Waals surface area (Å²) in [4.78, 5) is 36.5. The van der Waals surface area contributed by atoms with Crippen LogP contribution in [0.15, 0.2) is 58.6 Å². The van der Waals surface area contributed by atoms with Crippen LogP contribution in [-0.4, -0.2) is 38.2 Å². The van der Waals surface area contributed by atoms with Crippen LogP contribution in [0.1, 0.15) is 36.9 Å². The van der Waals surface area contributed by atoms with Crippen molar-refractivity contribution in [2.75, 3.05) is 5.32 Å². The summed E-state index contributed by atoms with van der Waals surface area (Å²) in [5, 5.41) is 8.97. The second-order valence-corrected chi connectivity index (χ2v) is 9.29. The zero-order valence-electron chi connectivity index (χ0n) is 18.4. The molecule has 1 aliphatic carbocycles. The summed E-state index contributed by atoms with van der Waals surface area (Å²) in [6.45, 7) is 0.755. The Hall–Kier alpha value is -3.50. The van der Waals surface area contributed by atoms with E-state index in [0.717, 1.165) is 60.7 Å². The molecule has 0 spiro atoms. The molecular weight excluding hydrogens is 452 g/mol. The minimum Gasteiger partial charge on any atom is -0.472 e. The molecule has 1 saturated carbocycles. The predicted octanol–water partition coefficient (Wildman–Crippen LogP) is 3.97. The van der Waals surface area contributed by atoms with E-state index in [0.29, 0.717) is 22.6 Å². The van der Waals surface area contributed by atoms with Crippen molar-refractivity contribution in [1.82, 2.24) is 25.6 Å². The zero-order valence-corrected chi connectivity index (χ0v) is 19.2. The molecule has 3 aromatic rings. The quantitative estimate of drug-likeness (QED) is 0.435. The van der Waals surface area contributed by atoms with Crippen LogP contribution in [0.3, 0.4) is 0 Å². The van der Waals surface area contributed by atoms with Gasteiger partial charge in [0.15, 0.2) is 0 Å². The number of carbonyl (C=O) groups excluding carboxylic acids is 2. The van der Waals surface area contributed by atoms with Gasteiger partial charge in [0, 0.05) is 42.8 Å². The Labute approximate surface area is 200 Å². The van der Waals surface area contributed by atoms with E-state index >= 15 is 0 Å². The molecule has 0 atom stereocenters. The lowest BCUT2D eigenvalue weighted by Gasteiger charge is -2.30. The maximum Gasteiger partial charge on any atom is 0.290 e. The van der Waals surface area contributed by atoms with Gasteiger partial charge in [0.05, 0.1) is 23.1 Å². The molecule has 2 aliphatic rings. The molecule has 5 rings (SSSR count). The highest BCUT2D eigenvalue weighted by Gasteiger charge is 2.25. The number of aromatic nitrogens is 3. The van der Waals surface area contributed by atoms with Crippen molar-refractivity contribution >= 4 is 34.9 Å². The number of thioether (sulfide) groups is 1. The molecule has 3 aromatic heterocycles. The van der Waals surface area contributed by atoms with Crippen molar-refractivity contribution in [1.29, 1.82) is 0 Å². The summed E-state index contributed by atoms with van der Waals surface area (Å²) in [7, 11) is 0. The average Bonchev–Trinajstić information content (AvgIpc) is 3.49. The Kier molecular flexibility index (Phi) is 6.68. The number of nitrogens with zero attached hydrogens (tertiary/aromatic N) is 3. The summed E-state index contributed by atoms with van der Waals surface area (Å²) in [5.41, 5.74) is 3.93. The van der Waals surface area contributed by atoms with Crippen LogP contribution in [0.5, 0.6) is 0 Å². The molecule has 0 bridgehead atoms. The number of carbonyl (C=O) groups is 2. The van der Waals surface area contributed by atoms with E-state index in [1.807, 2.05) is 18.3 Å². The Morgan fingerprint density at radius 2 is 1.97 bits per heavy atom. The van der Waals surface area contributed by atoms with Crippen molar-refractivity contribution < 1.29 is 14.0 Å². The van der Waals surface area contributed by atoms with Crippen LogP contribution in [0, 0.1) is 0 Å². The number of furan rings is 1. The number of imide groups is 1. The highest BCUT2D eigenvalue weighted by Crippen LogP contribution is 2.27. The molecule has 0 radical (unpaired) electrons. The van der Waals surface area contributed by atoms with Crippen LogP contribution >= 0.6 is 11.8 Å². The first-order valence-corrected chi connectivity index (χ1v) is 12.0. The van der Waals surface area contributed by atoms with Gasteiger partial charge in [0.25, 0.3) is 11.1 Å². The second-order valence-electron chi connectivity index (χ2n) is 8.28. The lowest BCUT2D eigenvalue weighted by Crippen LogP contribution is -2.37. The molecule has 174 valence electrons. The van der Waals surface area contributed by atoms with Crippen LogP contribution < -0.4 is 16.0 Å². The summed E-state index contributed by atoms with van der Waals surface area (Å²) in [6, 6.07) is 6.41. The first kappa shape index (κ1) is 22.3. The van der Waals surface area contributed by atoms with Crippen molar-refractivity contribution in [3.8, 4) is 11.1 Å². The van der Waals surface area contributed by atoms with Crippen molar-refractivity contribution in [3.63, 3.8) is 0 Å². The molecule has 1 aliphatic heterocycles. The molecule has 34 heavy (non-hydrogen) atoms. The fraction of sp³-hybridized carbons (Fsp3) is 0.292. The van der Waals surface area contributed by atoms with Gasteiger partial charge < -0.3 is 15.1 Å². The fourth-order valence-corrected chi connectivity index (χ4v) is 4.89. The van der Waals surface area contributed by atoms with Gasteiger partial charge in [-0.15, -0.1) is 0 Å².